The van der Waals surface area contributed by atoms with Crippen LogP contribution in [0, 0.1) is 17.1 Å². The minimum absolute atomic E-state index is 0.314. The number of anilines is 2. The van der Waals surface area contributed by atoms with Crippen molar-refractivity contribution < 1.29 is 4.39 Å². The number of nitrogens with one attached hydrogen (secondary N) is 1. The fourth-order valence-corrected chi connectivity index (χ4v) is 1.59. The highest BCUT2D eigenvalue weighted by atomic mass is 35.5. The summed E-state index contributed by atoms with van der Waals surface area (Å²) in [6, 6.07) is 13.1. The fraction of sp³-hybridized carbons (Fsp3) is 0. The van der Waals surface area contributed by atoms with Gasteiger partial charge in [-0.15, -0.1) is 0 Å². The van der Waals surface area contributed by atoms with Crippen LogP contribution in [0.2, 0.25) is 5.02 Å². The Morgan fingerprint density at radius 3 is 2.41 bits per heavy atom. The molecule has 0 radical (unpaired) electrons. The molecule has 0 aliphatic heterocycles. The second-order valence-corrected chi connectivity index (χ2v) is 3.85. The monoisotopic (exact) mass is 246 g/mol. The maximum Gasteiger partial charge on any atom is 0.124 e. The third-order valence-corrected chi connectivity index (χ3v) is 2.54. The Kier molecular flexibility index (Phi) is 3.27. The Balaban J connectivity index is 2.23. The third kappa shape index (κ3) is 2.74. The van der Waals surface area contributed by atoms with E-state index in [2.05, 4.69) is 5.32 Å². The Hall–Kier alpha value is -2.05. The largest absolute Gasteiger partial charge is 0.354 e. The molecule has 0 fully saturated rings. The van der Waals surface area contributed by atoms with Gasteiger partial charge in [-0.25, -0.2) is 4.39 Å². The van der Waals surface area contributed by atoms with Gasteiger partial charge in [-0.1, -0.05) is 11.6 Å². The van der Waals surface area contributed by atoms with Crippen LogP contribution in [0.5, 0.6) is 0 Å². The lowest BCUT2D eigenvalue weighted by atomic mass is 10.2. The first-order valence-corrected chi connectivity index (χ1v) is 5.29. The van der Waals surface area contributed by atoms with E-state index in [1.807, 2.05) is 6.07 Å². The second kappa shape index (κ2) is 4.86. The van der Waals surface area contributed by atoms with Gasteiger partial charge in [0.15, 0.2) is 0 Å². The summed E-state index contributed by atoms with van der Waals surface area (Å²) in [7, 11) is 0. The van der Waals surface area contributed by atoms with Crippen molar-refractivity contribution in [2.24, 2.45) is 0 Å². The lowest BCUT2D eigenvalue weighted by molar-refractivity contribution is 0.628. The summed E-state index contributed by atoms with van der Waals surface area (Å²) in [5.74, 6) is -0.375. The SMILES string of the molecule is N#Cc1ccc(Nc2ccc(F)cc2Cl)cc1. The zero-order chi connectivity index (χ0) is 12.3. The van der Waals surface area contributed by atoms with E-state index in [1.54, 1.807) is 30.3 Å². The van der Waals surface area contributed by atoms with E-state index in [4.69, 9.17) is 16.9 Å². The normalized spacial score (nSPS) is 9.71. The molecule has 0 aliphatic rings. The van der Waals surface area contributed by atoms with Crippen LogP contribution >= 0.6 is 11.6 Å². The molecule has 0 amide bonds. The summed E-state index contributed by atoms with van der Waals surface area (Å²) in [6.45, 7) is 0. The molecule has 1 N–H and O–H groups in total. The van der Waals surface area contributed by atoms with Crippen LogP contribution in [0.25, 0.3) is 0 Å². The smallest absolute Gasteiger partial charge is 0.124 e. The minimum Gasteiger partial charge on any atom is -0.354 e. The maximum atomic E-state index is 12.8. The molecule has 2 rings (SSSR count). The summed E-state index contributed by atoms with van der Waals surface area (Å²) in [6.07, 6.45) is 0. The molecule has 0 heterocycles. The van der Waals surface area contributed by atoms with Crippen molar-refractivity contribution >= 4 is 23.0 Å². The van der Waals surface area contributed by atoms with E-state index in [9.17, 15) is 4.39 Å². The first kappa shape index (κ1) is 11.4. The molecule has 2 aromatic rings. The van der Waals surface area contributed by atoms with Gasteiger partial charge in [0.05, 0.1) is 22.3 Å². The van der Waals surface area contributed by atoms with Crippen molar-refractivity contribution in [3.05, 3.63) is 58.9 Å². The van der Waals surface area contributed by atoms with Gasteiger partial charge < -0.3 is 5.32 Å². The van der Waals surface area contributed by atoms with Crippen LogP contribution in [0.4, 0.5) is 15.8 Å². The standard InChI is InChI=1S/C13H8ClFN2/c14-12-7-10(15)3-6-13(12)17-11-4-1-9(8-16)2-5-11/h1-7,17H. The van der Waals surface area contributed by atoms with Gasteiger partial charge in [0.2, 0.25) is 0 Å². The number of hydrogen-bond acceptors (Lipinski definition) is 2. The van der Waals surface area contributed by atoms with Crippen LogP contribution in [-0.2, 0) is 0 Å². The van der Waals surface area contributed by atoms with E-state index < -0.39 is 0 Å². The number of hydrogen-bond donors (Lipinski definition) is 1. The zero-order valence-electron chi connectivity index (χ0n) is 8.74. The highest BCUT2D eigenvalue weighted by Gasteiger charge is 2.02. The molecule has 0 aliphatic carbocycles. The van der Waals surface area contributed by atoms with Gasteiger partial charge in [0, 0.05) is 5.69 Å². The molecule has 17 heavy (non-hydrogen) atoms. The number of nitrogens with zero attached hydrogens (tertiary/aromatic N) is 1. The highest BCUT2D eigenvalue weighted by molar-refractivity contribution is 6.33. The molecule has 4 heteroatoms. The Bertz CT molecular complexity index is 573. The summed E-state index contributed by atoms with van der Waals surface area (Å²) in [5.41, 5.74) is 2.00. The Morgan fingerprint density at radius 1 is 1.12 bits per heavy atom. The number of benzene rings is 2. The topological polar surface area (TPSA) is 35.8 Å². The Labute approximate surface area is 103 Å². The van der Waals surface area contributed by atoms with Crippen molar-refractivity contribution in [1.82, 2.24) is 0 Å². The van der Waals surface area contributed by atoms with Crippen molar-refractivity contribution in [3.63, 3.8) is 0 Å². The molecule has 0 aromatic heterocycles. The predicted molar refractivity (Wildman–Crippen MR) is 65.8 cm³/mol. The van der Waals surface area contributed by atoms with E-state index >= 15 is 0 Å². The summed E-state index contributed by atoms with van der Waals surface area (Å²) < 4.78 is 12.8. The quantitative estimate of drug-likeness (QED) is 0.866. The van der Waals surface area contributed by atoms with Gasteiger partial charge in [-0.05, 0) is 42.5 Å². The van der Waals surface area contributed by atoms with Gasteiger partial charge in [-0.3, -0.25) is 0 Å². The van der Waals surface area contributed by atoms with E-state index in [1.165, 1.54) is 12.1 Å². The summed E-state index contributed by atoms with van der Waals surface area (Å²) >= 11 is 5.88. The third-order valence-electron chi connectivity index (χ3n) is 2.22. The second-order valence-electron chi connectivity index (χ2n) is 3.44. The molecule has 0 saturated carbocycles. The van der Waals surface area contributed by atoms with E-state index in [-0.39, 0.29) is 5.82 Å². The average Bonchev–Trinajstić information content (AvgIpc) is 2.34. The van der Waals surface area contributed by atoms with Crippen molar-refractivity contribution in [2.75, 3.05) is 5.32 Å². The Morgan fingerprint density at radius 2 is 1.82 bits per heavy atom. The molecule has 84 valence electrons. The number of rotatable bonds is 2. The average molecular weight is 247 g/mol. The van der Waals surface area contributed by atoms with Gasteiger partial charge in [0.25, 0.3) is 0 Å². The highest BCUT2D eigenvalue weighted by Crippen LogP contribution is 2.26. The molecule has 2 nitrogen and oxygen atoms in total. The zero-order valence-corrected chi connectivity index (χ0v) is 9.50. The van der Waals surface area contributed by atoms with Crippen LogP contribution < -0.4 is 5.32 Å². The van der Waals surface area contributed by atoms with Gasteiger partial charge in [0.1, 0.15) is 5.82 Å². The van der Waals surface area contributed by atoms with Crippen molar-refractivity contribution in [1.29, 1.82) is 5.26 Å². The molecule has 0 atom stereocenters. The molecule has 0 unspecified atom stereocenters. The van der Waals surface area contributed by atoms with Gasteiger partial charge >= 0.3 is 0 Å². The molecule has 0 spiro atoms. The van der Waals surface area contributed by atoms with Crippen molar-refractivity contribution in [3.8, 4) is 6.07 Å². The molecule has 0 bridgehead atoms. The fourth-order valence-electron chi connectivity index (χ4n) is 1.37. The molecule has 2 aromatic carbocycles. The first-order valence-electron chi connectivity index (χ1n) is 4.91. The van der Waals surface area contributed by atoms with Crippen molar-refractivity contribution in [2.45, 2.75) is 0 Å². The lowest BCUT2D eigenvalue weighted by Gasteiger charge is -2.08. The van der Waals surface area contributed by atoms with Gasteiger partial charge in [-0.2, -0.15) is 5.26 Å². The van der Waals surface area contributed by atoms with Crippen LogP contribution in [0.1, 0.15) is 5.56 Å². The van der Waals surface area contributed by atoms with Crippen LogP contribution in [0.15, 0.2) is 42.5 Å². The van der Waals surface area contributed by atoms with E-state index in [0.717, 1.165) is 5.69 Å². The van der Waals surface area contributed by atoms with Crippen LogP contribution in [-0.4, -0.2) is 0 Å². The minimum atomic E-state index is -0.375. The van der Waals surface area contributed by atoms with Crippen LogP contribution in [0.3, 0.4) is 0 Å². The summed E-state index contributed by atoms with van der Waals surface area (Å²) in [4.78, 5) is 0. The molecule has 0 saturated heterocycles. The van der Waals surface area contributed by atoms with E-state index in [0.29, 0.717) is 16.3 Å². The number of halogens is 2. The predicted octanol–water partition coefficient (Wildman–Crippen LogP) is 4.09. The molecular weight excluding hydrogens is 239 g/mol. The first-order chi connectivity index (χ1) is 8.19. The number of nitriles is 1. The maximum absolute atomic E-state index is 12.8. The lowest BCUT2D eigenvalue weighted by Crippen LogP contribution is -1.91. The summed E-state index contributed by atoms with van der Waals surface area (Å²) in [5, 5.41) is 12.0. The molecular formula is C13H8ClFN2.